The molecule has 1 atom stereocenters. The second-order valence-corrected chi connectivity index (χ2v) is 5.26. The molecule has 94 valence electrons. The molecule has 1 heterocycles. The molecule has 0 aromatic heterocycles. The van der Waals surface area contributed by atoms with Gasteiger partial charge in [0, 0.05) is 17.0 Å². The third kappa shape index (κ3) is 2.97. The van der Waals surface area contributed by atoms with E-state index in [0.717, 1.165) is 31.5 Å². The number of halogens is 2. The molecule has 2 N–H and O–H groups in total. The highest BCUT2D eigenvalue weighted by atomic mass is 35.5. The largest absolute Gasteiger partial charge is 0.396 e. The van der Waals surface area contributed by atoms with Gasteiger partial charge in [0.2, 0.25) is 0 Å². The van der Waals surface area contributed by atoms with Gasteiger partial charge in [-0.1, -0.05) is 17.7 Å². The first kappa shape index (κ1) is 12.8. The fraction of sp³-hybridized carbons (Fsp3) is 0.538. The van der Waals surface area contributed by atoms with E-state index in [4.69, 9.17) is 11.6 Å². The first-order chi connectivity index (χ1) is 8.15. The van der Waals surface area contributed by atoms with E-state index in [2.05, 4.69) is 5.32 Å². The van der Waals surface area contributed by atoms with Gasteiger partial charge < -0.3 is 10.4 Å². The average Bonchev–Trinajstić information content (AvgIpc) is 2.34. The van der Waals surface area contributed by atoms with Crippen LogP contribution in [-0.2, 0) is 6.42 Å². The highest BCUT2D eigenvalue weighted by molar-refractivity contribution is 6.31. The van der Waals surface area contributed by atoms with Crippen molar-refractivity contribution in [3.63, 3.8) is 0 Å². The van der Waals surface area contributed by atoms with Gasteiger partial charge in [0.25, 0.3) is 0 Å². The van der Waals surface area contributed by atoms with Crippen molar-refractivity contribution in [3.05, 3.63) is 34.6 Å². The lowest BCUT2D eigenvalue weighted by atomic mass is 9.76. The van der Waals surface area contributed by atoms with Gasteiger partial charge in [0.05, 0.1) is 6.61 Å². The Morgan fingerprint density at radius 2 is 2.29 bits per heavy atom. The zero-order valence-corrected chi connectivity index (χ0v) is 10.4. The molecule has 1 saturated heterocycles. The Balaban J connectivity index is 2.17. The summed E-state index contributed by atoms with van der Waals surface area (Å²) in [5.74, 6) is -0.321. The summed E-state index contributed by atoms with van der Waals surface area (Å²) in [4.78, 5) is 0. The Kier molecular flexibility index (Phi) is 4.02. The van der Waals surface area contributed by atoms with E-state index in [1.165, 1.54) is 12.1 Å². The van der Waals surface area contributed by atoms with Crippen LogP contribution in [0.5, 0.6) is 0 Å². The molecule has 1 fully saturated rings. The van der Waals surface area contributed by atoms with Crippen LogP contribution in [-0.4, -0.2) is 24.8 Å². The Morgan fingerprint density at radius 1 is 1.47 bits per heavy atom. The summed E-state index contributed by atoms with van der Waals surface area (Å²) >= 11 is 6.03. The molecule has 4 heteroatoms. The minimum Gasteiger partial charge on any atom is -0.396 e. The minimum atomic E-state index is -0.321. The second-order valence-electron chi connectivity index (χ2n) is 4.85. The van der Waals surface area contributed by atoms with Crippen molar-refractivity contribution in [1.82, 2.24) is 5.32 Å². The summed E-state index contributed by atoms with van der Waals surface area (Å²) in [7, 11) is 0. The Labute approximate surface area is 106 Å². The topological polar surface area (TPSA) is 32.3 Å². The van der Waals surface area contributed by atoms with Crippen LogP contribution >= 0.6 is 11.6 Å². The molecule has 2 nitrogen and oxygen atoms in total. The molecule has 1 unspecified atom stereocenters. The summed E-state index contributed by atoms with van der Waals surface area (Å²) in [6.45, 7) is 1.92. The van der Waals surface area contributed by atoms with Crippen molar-refractivity contribution < 1.29 is 9.50 Å². The molecule has 2 rings (SSSR count). The fourth-order valence-electron chi connectivity index (χ4n) is 2.44. The number of hydrogen-bond donors (Lipinski definition) is 2. The van der Waals surface area contributed by atoms with Crippen LogP contribution in [0, 0.1) is 11.2 Å². The van der Waals surface area contributed by atoms with Crippen LogP contribution in [0.15, 0.2) is 18.2 Å². The smallest absolute Gasteiger partial charge is 0.124 e. The highest BCUT2D eigenvalue weighted by Crippen LogP contribution is 2.32. The van der Waals surface area contributed by atoms with Gasteiger partial charge in [0.1, 0.15) is 5.82 Å². The number of aliphatic hydroxyl groups is 1. The Morgan fingerprint density at radius 3 is 2.88 bits per heavy atom. The normalized spacial score (nSPS) is 24.9. The Bertz CT molecular complexity index is 391. The summed E-state index contributed by atoms with van der Waals surface area (Å²) in [6.07, 6.45) is 2.72. The maximum Gasteiger partial charge on any atom is 0.124 e. The number of hydrogen-bond acceptors (Lipinski definition) is 2. The van der Waals surface area contributed by atoms with E-state index in [0.29, 0.717) is 11.4 Å². The van der Waals surface area contributed by atoms with Crippen molar-refractivity contribution in [2.45, 2.75) is 19.3 Å². The van der Waals surface area contributed by atoms with E-state index in [1.54, 1.807) is 6.07 Å². The predicted octanol–water partition coefficient (Wildman–Crippen LogP) is 2.38. The van der Waals surface area contributed by atoms with Gasteiger partial charge in [-0.25, -0.2) is 4.39 Å². The SMILES string of the molecule is OCC1(Cc2ccc(F)cc2Cl)CCCNC1. The summed E-state index contributed by atoms with van der Waals surface area (Å²) in [5, 5.41) is 13.3. The molecule has 1 aliphatic heterocycles. The number of nitrogens with one attached hydrogen (secondary N) is 1. The molecule has 0 saturated carbocycles. The van der Waals surface area contributed by atoms with Crippen LogP contribution in [0.3, 0.4) is 0 Å². The van der Waals surface area contributed by atoms with Crippen molar-refractivity contribution >= 4 is 11.6 Å². The number of piperidine rings is 1. The molecule has 0 radical (unpaired) electrons. The van der Waals surface area contributed by atoms with E-state index in [-0.39, 0.29) is 17.8 Å². The van der Waals surface area contributed by atoms with Gasteiger partial charge >= 0.3 is 0 Å². The van der Waals surface area contributed by atoms with Crippen LogP contribution in [0.25, 0.3) is 0 Å². The minimum absolute atomic E-state index is 0.133. The van der Waals surface area contributed by atoms with Crippen molar-refractivity contribution in [3.8, 4) is 0 Å². The lowest BCUT2D eigenvalue weighted by Crippen LogP contribution is -2.44. The van der Waals surface area contributed by atoms with Gasteiger partial charge in [-0.15, -0.1) is 0 Å². The lowest BCUT2D eigenvalue weighted by molar-refractivity contribution is 0.0948. The second kappa shape index (κ2) is 5.34. The molecular weight excluding hydrogens is 241 g/mol. The van der Waals surface area contributed by atoms with Gasteiger partial charge in [-0.3, -0.25) is 0 Å². The summed E-state index contributed by atoms with van der Waals surface area (Å²) < 4.78 is 13.0. The number of benzene rings is 1. The quantitative estimate of drug-likeness (QED) is 0.872. The first-order valence-corrected chi connectivity index (χ1v) is 6.29. The number of rotatable bonds is 3. The molecule has 0 amide bonds. The molecule has 1 aromatic carbocycles. The third-order valence-corrected chi connectivity index (χ3v) is 3.83. The molecule has 17 heavy (non-hydrogen) atoms. The zero-order chi connectivity index (χ0) is 12.3. The van der Waals surface area contributed by atoms with E-state index in [1.807, 2.05) is 0 Å². The van der Waals surface area contributed by atoms with Gasteiger partial charge in [-0.05, 0) is 43.5 Å². The van der Waals surface area contributed by atoms with Crippen molar-refractivity contribution in [2.75, 3.05) is 19.7 Å². The predicted molar refractivity (Wildman–Crippen MR) is 66.7 cm³/mol. The van der Waals surface area contributed by atoms with E-state index >= 15 is 0 Å². The Hall–Kier alpha value is -0.640. The standard InChI is InChI=1S/C13H17ClFNO/c14-12-6-11(15)3-2-10(12)7-13(9-17)4-1-5-16-8-13/h2-3,6,16-17H,1,4-5,7-9H2. The van der Waals surface area contributed by atoms with E-state index in [9.17, 15) is 9.50 Å². The molecule has 0 bridgehead atoms. The van der Waals surface area contributed by atoms with Crippen LogP contribution in [0.4, 0.5) is 4.39 Å². The third-order valence-electron chi connectivity index (χ3n) is 3.48. The maximum absolute atomic E-state index is 13.0. The first-order valence-electron chi connectivity index (χ1n) is 5.91. The van der Waals surface area contributed by atoms with Crippen LogP contribution < -0.4 is 5.32 Å². The van der Waals surface area contributed by atoms with Gasteiger partial charge in [-0.2, -0.15) is 0 Å². The summed E-state index contributed by atoms with van der Waals surface area (Å²) in [5.41, 5.74) is 0.755. The fourth-order valence-corrected chi connectivity index (χ4v) is 2.68. The van der Waals surface area contributed by atoms with E-state index < -0.39 is 0 Å². The van der Waals surface area contributed by atoms with Crippen molar-refractivity contribution in [2.24, 2.45) is 5.41 Å². The van der Waals surface area contributed by atoms with Gasteiger partial charge in [0.15, 0.2) is 0 Å². The molecule has 0 aliphatic carbocycles. The molecule has 1 aliphatic rings. The average molecular weight is 258 g/mol. The zero-order valence-electron chi connectivity index (χ0n) is 9.68. The molecular formula is C13H17ClFNO. The molecule has 1 aromatic rings. The highest BCUT2D eigenvalue weighted by Gasteiger charge is 2.32. The summed E-state index contributed by atoms with van der Waals surface area (Å²) in [6, 6.07) is 4.46. The number of aliphatic hydroxyl groups excluding tert-OH is 1. The van der Waals surface area contributed by atoms with Crippen molar-refractivity contribution in [1.29, 1.82) is 0 Å². The lowest BCUT2D eigenvalue weighted by Gasteiger charge is -2.36. The van der Waals surface area contributed by atoms with Crippen LogP contribution in [0.2, 0.25) is 5.02 Å². The molecule has 0 spiro atoms. The van der Waals surface area contributed by atoms with Crippen LogP contribution in [0.1, 0.15) is 18.4 Å². The maximum atomic E-state index is 13.0. The monoisotopic (exact) mass is 257 g/mol.